The van der Waals surface area contributed by atoms with Crippen molar-refractivity contribution in [2.24, 2.45) is 5.73 Å². The average molecular weight is 235 g/mol. The zero-order valence-corrected chi connectivity index (χ0v) is 10.3. The minimum atomic E-state index is -0.284. The predicted molar refractivity (Wildman–Crippen MR) is 65.8 cm³/mol. The first-order chi connectivity index (χ1) is 8.11. The van der Waals surface area contributed by atoms with E-state index in [0.717, 1.165) is 18.7 Å². The Morgan fingerprint density at radius 1 is 1.59 bits per heavy atom. The van der Waals surface area contributed by atoms with Gasteiger partial charge in [-0.1, -0.05) is 12.2 Å². The molecule has 2 heterocycles. The summed E-state index contributed by atoms with van der Waals surface area (Å²) in [5, 5.41) is 0. The van der Waals surface area contributed by atoms with Crippen LogP contribution in [0.15, 0.2) is 24.4 Å². The van der Waals surface area contributed by atoms with Gasteiger partial charge in [-0.15, -0.1) is 0 Å². The lowest BCUT2D eigenvalue weighted by Crippen LogP contribution is -2.41. The Kier molecular flexibility index (Phi) is 3.43. The molecule has 92 valence electrons. The van der Waals surface area contributed by atoms with Crippen LogP contribution >= 0.6 is 0 Å². The first kappa shape index (κ1) is 12.0. The molecule has 3 atom stereocenters. The van der Waals surface area contributed by atoms with Crippen molar-refractivity contribution in [3.63, 3.8) is 0 Å². The smallest absolute Gasteiger partial charge is 0.248 e. The number of hydrogen-bond donors (Lipinski definition) is 1. The van der Waals surface area contributed by atoms with E-state index in [1.54, 1.807) is 6.92 Å². The molecule has 0 saturated carbocycles. The standard InChI is InChI=1S/C13H18N2O2/c1-9(16)12(13-10(2)17-13)15-8-6-4-3-5-7-11(15)14/h3-4,6,8,10,12-14H,5,7H2,1-2H3/p+1/b4-3+,8-6?. The highest BCUT2D eigenvalue weighted by molar-refractivity contribution is 5.83. The molecular weight excluding hydrogens is 216 g/mol. The summed E-state index contributed by atoms with van der Waals surface area (Å²) in [4.78, 5) is 11.8. The molecule has 0 spiro atoms. The Bertz CT molecular complexity index is 410. The number of ether oxygens (including phenoxy) is 1. The van der Waals surface area contributed by atoms with E-state index in [4.69, 9.17) is 10.5 Å². The highest BCUT2D eigenvalue weighted by Gasteiger charge is 2.48. The summed E-state index contributed by atoms with van der Waals surface area (Å²) < 4.78 is 7.29. The fourth-order valence-corrected chi connectivity index (χ4v) is 2.16. The Balaban J connectivity index is 2.30. The number of Topliss-reactive ketones (excluding diaryl/α,β-unsaturated/α-hetero) is 1. The number of hydrogen-bond acceptors (Lipinski definition) is 3. The molecule has 3 unspecified atom stereocenters. The largest absolute Gasteiger partial charge is 0.365 e. The molecule has 0 amide bonds. The fraction of sp³-hybridized carbons (Fsp3) is 0.538. The van der Waals surface area contributed by atoms with Gasteiger partial charge in [0.1, 0.15) is 6.10 Å². The Hall–Kier alpha value is -1.42. The highest BCUT2D eigenvalue weighted by atomic mass is 16.6. The van der Waals surface area contributed by atoms with E-state index < -0.39 is 0 Å². The van der Waals surface area contributed by atoms with Crippen LogP contribution in [0.25, 0.3) is 0 Å². The Morgan fingerprint density at radius 2 is 2.29 bits per heavy atom. The summed E-state index contributed by atoms with van der Waals surface area (Å²) >= 11 is 0. The Labute approximate surface area is 101 Å². The van der Waals surface area contributed by atoms with E-state index >= 15 is 0 Å². The van der Waals surface area contributed by atoms with Crippen LogP contribution in [0.3, 0.4) is 0 Å². The van der Waals surface area contributed by atoms with Gasteiger partial charge in [-0.25, -0.2) is 4.58 Å². The van der Waals surface area contributed by atoms with Gasteiger partial charge in [0.2, 0.25) is 5.84 Å². The van der Waals surface area contributed by atoms with E-state index in [-0.39, 0.29) is 24.0 Å². The van der Waals surface area contributed by atoms with Crippen LogP contribution in [0.5, 0.6) is 0 Å². The van der Waals surface area contributed by atoms with Gasteiger partial charge in [-0.3, -0.25) is 10.5 Å². The average Bonchev–Trinajstić information content (AvgIpc) is 2.94. The van der Waals surface area contributed by atoms with Crippen LogP contribution in [0.4, 0.5) is 0 Å². The van der Waals surface area contributed by atoms with Gasteiger partial charge < -0.3 is 4.74 Å². The summed E-state index contributed by atoms with van der Waals surface area (Å²) in [5.74, 6) is 0.824. The third-order valence-corrected chi connectivity index (χ3v) is 3.18. The van der Waals surface area contributed by atoms with Crippen molar-refractivity contribution >= 4 is 11.6 Å². The van der Waals surface area contributed by atoms with Crippen molar-refractivity contribution in [3.05, 3.63) is 24.4 Å². The van der Waals surface area contributed by atoms with Crippen LogP contribution in [-0.2, 0) is 9.53 Å². The van der Waals surface area contributed by atoms with Crippen LogP contribution in [-0.4, -0.2) is 34.4 Å². The van der Waals surface area contributed by atoms with Crippen molar-refractivity contribution in [1.82, 2.24) is 0 Å². The summed E-state index contributed by atoms with van der Waals surface area (Å²) in [6.45, 7) is 3.57. The number of allylic oxidation sites excluding steroid dienone is 3. The molecule has 4 nitrogen and oxygen atoms in total. The molecule has 4 heteroatoms. The molecule has 17 heavy (non-hydrogen) atoms. The topological polar surface area (TPSA) is 58.6 Å². The van der Waals surface area contributed by atoms with Crippen molar-refractivity contribution in [3.8, 4) is 0 Å². The molecule has 2 aliphatic rings. The monoisotopic (exact) mass is 235 g/mol. The summed E-state index contributed by atoms with van der Waals surface area (Å²) in [6, 6.07) is -0.284. The first-order valence-electron chi connectivity index (χ1n) is 6.00. The van der Waals surface area contributed by atoms with E-state index in [1.807, 2.05) is 29.9 Å². The summed E-state index contributed by atoms with van der Waals surface area (Å²) in [5.41, 5.74) is 6.05. The lowest BCUT2D eigenvalue weighted by atomic mass is 10.1. The lowest BCUT2D eigenvalue weighted by molar-refractivity contribution is -0.490. The molecule has 0 bridgehead atoms. The molecule has 2 rings (SSSR count). The molecule has 1 saturated heterocycles. The van der Waals surface area contributed by atoms with Gasteiger partial charge in [0.05, 0.1) is 18.7 Å². The van der Waals surface area contributed by atoms with Crippen molar-refractivity contribution in [2.45, 2.75) is 44.9 Å². The van der Waals surface area contributed by atoms with Gasteiger partial charge in [-0.05, 0) is 26.3 Å². The summed E-state index contributed by atoms with van der Waals surface area (Å²) in [6.07, 6.45) is 9.61. The predicted octanol–water partition coefficient (Wildman–Crippen LogP) is 0.965. The molecule has 0 aromatic carbocycles. The molecule has 0 aromatic heterocycles. The van der Waals surface area contributed by atoms with E-state index in [2.05, 4.69) is 6.08 Å². The molecule has 2 N–H and O–H groups in total. The van der Waals surface area contributed by atoms with Crippen molar-refractivity contribution in [2.75, 3.05) is 0 Å². The maximum atomic E-state index is 11.8. The van der Waals surface area contributed by atoms with E-state index in [1.165, 1.54) is 0 Å². The normalized spacial score (nSPS) is 31.6. The van der Waals surface area contributed by atoms with Gasteiger partial charge in [0.15, 0.2) is 11.8 Å². The van der Waals surface area contributed by atoms with Crippen molar-refractivity contribution < 1.29 is 14.1 Å². The third-order valence-electron chi connectivity index (χ3n) is 3.18. The van der Waals surface area contributed by atoms with Gasteiger partial charge >= 0.3 is 0 Å². The lowest BCUT2D eigenvalue weighted by Gasteiger charge is -2.14. The number of carbonyl (C=O) groups excluding carboxylic acids is 1. The van der Waals surface area contributed by atoms with Crippen molar-refractivity contribution in [1.29, 1.82) is 0 Å². The maximum Gasteiger partial charge on any atom is 0.248 e. The third kappa shape index (κ3) is 2.64. The number of carbonyl (C=O) groups is 1. The fourth-order valence-electron chi connectivity index (χ4n) is 2.16. The Morgan fingerprint density at radius 3 is 2.88 bits per heavy atom. The van der Waals surface area contributed by atoms with Crippen LogP contribution < -0.4 is 5.73 Å². The second-order valence-electron chi connectivity index (χ2n) is 4.57. The molecule has 2 aliphatic heterocycles. The molecule has 0 aliphatic carbocycles. The van der Waals surface area contributed by atoms with E-state index in [0.29, 0.717) is 0 Å². The number of ketones is 1. The summed E-state index contributed by atoms with van der Waals surface area (Å²) in [7, 11) is 0. The SMILES string of the molecule is CC(=O)C(C1OC1C)[N+]1=C(N)CC/C=C/C=C1. The van der Waals surface area contributed by atoms with E-state index in [9.17, 15) is 4.79 Å². The zero-order valence-electron chi connectivity index (χ0n) is 10.3. The van der Waals surface area contributed by atoms with Gasteiger partial charge in [-0.2, -0.15) is 0 Å². The first-order valence-corrected chi connectivity index (χ1v) is 6.00. The maximum absolute atomic E-state index is 11.8. The number of nitrogens with zero attached hydrogens (tertiary/aromatic N) is 1. The zero-order chi connectivity index (χ0) is 12.4. The van der Waals surface area contributed by atoms with Crippen LogP contribution in [0.1, 0.15) is 26.7 Å². The van der Waals surface area contributed by atoms with Gasteiger partial charge in [0.25, 0.3) is 0 Å². The molecule has 0 radical (unpaired) electrons. The molecule has 0 aromatic rings. The number of amidine groups is 1. The van der Waals surface area contributed by atoms with Crippen LogP contribution in [0.2, 0.25) is 0 Å². The second-order valence-corrected chi connectivity index (χ2v) is 4.57. The minimum Gasteiger partial charge on any atom is -0.365 e. The highest BCUT2D eigenvalue weighted by Crippen LogP contribution is 2.27. The number of epoxide rings is 1. The molecular formula is C13H19N2O2+. The van der Waals surface area contributed by atoms with Crippen LogP contribution in [0, 0.1) is 0 Å². The number of nitrogens with two attached hydrogens (primary N) is 1. The number of rotatable bonds is 3. The molecule has 1 fully saturated rings. The minimum absolute atomic E-state index is 0.0286. The quantitative estimate of drug-likeness (QED) is 0.585. The van der Waals surface area contributed by atoms with Gasteiger partial charge in [0, 0.05) is 0 Å². The second kappa shape index (κ2) is 4.84.